The van der Waals surface area contributed by atoms with Crippen LogP contribution in [0.1, 0.15) is 31.8 Å². The fourth-order valence-electron chi connectivity index (χ4n) is 3.09. The van der Waals surface area contributed by atoms with E-state index < -0.39 is 5.97 Å². The summed E-state index contributed by atoms with van der Waals surface area (Å²) in [5.74, 6) is -0.799. The third-order valence-corrected chi connectivity index (χ3v) is 5.41. The molecule has 0 aliphatic rings. The molecule has 0 radical (unpaired) electrons. The van der Waals surface area contributed by atoms with Gasteiger partial charge < -0.3 is 14.0 Å². The zero-order valence-electron chi connectivity index (χ0n) is 16.3. The van der Waals surface area contributed by atoms with Crippen LogP contribution in [-0.4, -0.2) is 37.3 Å². The maximum Gasteiger partial charge on any atom is 0.337 e. The van der Waals surface area contributed by atoms with Crippen LogP contribution < -0.4 is 4.80 Å². The first-order valence-electron chi connectivity index (χ1n) is 8.81. The average molecular weight is 398 g/mol. The number of rotatable bonds is 5. The molecule has 6 nitrogen and oxygen atoms in total. The fourth-order valence-corrected chi connectivity index (χ4v) is 4.32. The number of methoxy groups -OCH3 is 2. The highest BCUT2D eigenvalue weighted by atomic mass is 32.1. The molecule has 0 saturated carbocycles. The minimum Gasteiger partial charge on any atom is -0.465 e. The molecule has 0 N–H and O–H groups in total. The van der Waals surface area contributed by atoms with E-state index in [-0.39, 0.29) is 5.91 Å². The third kappa shape index (κ3) is 4.05. The zero-order chi connectivity index (χ0) is 20.3. The lowest BCUT2D eigenvalue weighted by atomic mass is 10.1. The maximum atomic E-state index is 12.7. The predicted octanol–water partition coefficient (Wildman–Crippen LogP) is 3.49. The van der Waals surface area contributed by atoms with Crippen LogP contribution >= 0.6 is 11.3 Å². The number of hydrogen-bond donors (Lipinski definition) is 0. The van der Waals surface area contributed by atoms with Gasteiger partial charge in [-0.25, -0.2) is 4.79 Å². The van der Waals surface area contributed by atoms with Crippen molar-refractivity contribution in [3.63, 3.8) is 0 Å². The SMILES string of the molecule is COCCn1c(=NC(=O)c2ccc(C(=O)OC)cc2)sc2cc(C)cc(C)c21. The summed E-state index contributed by atoms with van der Waals surface area (Å²) in [6, 6.07) is 10.5. The molecule has 3 rings (SSSR count). The summed E-state index contributed by atoms with van der Waals surface area (Å²) in [6.07, 6.45) is 0. The van der Waals surface area contributed by atoms with E-state index >= 15 is 0 Å². The van der Waals surface area contributed by atoms with Crippen LogP contribution in [0.25, 0.3) is 10.2 Å². The number of esters is 1. The molecule has 3 aromatic rings. The minimum absolute atomic E-state index is 0.358. The van der Waals surface area contributed by atoms with Crippen molar-refractivity contribution in [3.8, 4) is 0 Å². The quantitative estimate of drug-likeness (QED) is 0.617. The van der Waals surface area contributed by atoms with E-state index in [0.29, 0.717) is 29.1 Å². The van der Waals surface area contributed by atoms with Crippen molar-refractivity contribution < 1.29 is 19.1 Å². The van der Waals surface area contributed by atoms with Gasteiger partial charge in [-0.2, -0.15) is 4.99 Å². The molecule has 1 heterocycles. The minimum atomic E-state index is -0.441. The number of hydrogen-bond acceptors (Lipinski definition) is 5. The molecule has 0 saturated heterocycles. The summed E-state index contributed by atoms with van der Waals surface area (Å²) in [5.41, 5.74) is 4.18. The summed E-state index contributed by atoms with van der Waals surface area (Å²) >= 11 is 1.48. The summed E-state index contributed by atoms with van der Waals surface area (Å²) < 4.78 is 13.0. The molecule has 0 unspecified atom stereocenters. The third-order valence-electron chi connectivity index (χ3n) is 4.38. The van der Waals surface area contributed by atoms with Crippen LogP contribution in [-0.2, 0) is 16.0 Å². The fraction of sp³-hybridized carbons (Fsp3) is 0.286. The summed E-state index contributed by atoms with van der Waals surface area (Å²) in [6.45, 7) is 5.24. The number of thiazole rings is 1. The maximum absolute atomic E-state index is 12.7. The number of aryl methyl sites for hydroxylation is 2. The number of ether oxygens (including phenoxy) is 2. The van der Waals surface area contributed by atoms with Crippen molar-refractivity contribution in [2.45, 2.75) is 20.4 Å². The molecule has 0 atom stereocenters. The van der Waals surface area contributed by atoms with Crippen LogP contribution in [0.4, 0.5) is 0 Å². The highest BCUT2D eigenvalue weighted by molar-refractivity contribution is 7.16. The molecule has 1 amide bonds. The lowest BCUT2D eigenvalue weighted by Gasteiger charge is -2.07. The van der Waals surface area contributed by atoms with Gasteiger partial charge in [0.15, 0.2) is 4.80 Å². The first-order chi connectivity index (χ1) is 13.4. The highest BCUT2D eigenvalue weighted by Gasteiger charge is 2.12. The highest BCUT2D eigenvalue weighted by Crippen LogP contribution is 2.23. The summed E-state index contributed by atoms with van der Waals surface area (Å²) in [7, 11) is 2.97. The van der Waals surface area contributed by atoms with Gasteiger partial charge in [-0.15, -0.1) is 0 Å². The van der Waals surface area contributed by atoms with Gasteiger partial charge >= 0.3 is 5.97 Å². The van der Waals surface area contributed by atoms with E-state index in [9.17, 15) is 9.59 Å². The van der Waals surface area contributed by atoms with E-state index in [4.69, 9.17) is 4.74 Å². The summed E-state index contributed by atoms with van der Waals surface area (Å²) in [5, 5.41) is 0. The molecule has 0 fully saturated rings. The Bertz CT molecular complexity index is 1090. The second-order valence-corrected chi connectivity index (χ2v) is 7.45. The van der Waals surface area contributed by atoms with Gasteiger partial charge in [0.2, 0.25) is 0 Å². The van der Waals surface area contributed by atoms with Crippen LogP contribution in [0.5, 0.6) is 0 Å². The van der Waals surface area contributed by atoms with Crippen LogP contribution in [0.2, 0.25) is 0 Å². The molecule has 0 spiro atoms. The van der Waals surface area contributed by atoms with Gasteiger partial charge in [0.05, 0.1) is 29.5 Å². The normalized spacial score (nSPS) is 11.8. The average Bonchev–Trinajstić information content (AvgIpc) is 3.02. The summed E-state index contributed by atoms with van der Waals surface area (Å²) in [4.78, 5) is 29.2. The number of amides is 1. The van der Waals surface area contributed by atoms with Gasteiger partial charge in [-0.1, -0.05) is 17.4 Å². The van der Waals surface area contributed by atoms with E-state index in [0.717, 1.165) is 15.8 Å². The second-order valence-electron chi connectivity index (χ2n) is 6.44. The topological polar surface area (TPSA) is 69.9 Å². The van der Waals surface area contributed by atoms with Crippen LogP contribution in [0, 0.1) is 13.8 Å². The Balaban J connectivity index is 2.06. The molecule has 146 valence electrons. The Kier molecular flexibility index (Phi) is 6.06. The Morgan fingerprint density at radius 2 is 1.75 bits per heavy atom. The lowest BCUT2D eigenvalue weighted by molar-refractivity contribution is 0.0600. The molecular weight excluding hydrogens is 376 g/mol. The molecule has 0 aliphatic heterocycles. The number of carbonyl (C=O) groups excluding carboxylic acids is 2. The Morgan fingerprint density at radius 3 is 2.39 bits per heavy atom. The van der Waals surface area contributed by atoms with Crippen molar-refractivity contribution in [2.24, 2.45) is 4.99 Å². The van der Waals surface area contributed by atoms with Gasteiger partial charge in [0, 0.05) is 19.2 Å². The monoisotopic (exact) mass is 398 g/mol. The Morgan fingerprint density at radius 1 is 1.07 bits per heavy atom. The van der Waals surface area contributed by atoms with Crippen molar-refractivity contribution in [2.75, 3.05) is 20.8 Å². The van der Waals surface area contributed by atoms with Crippen molar-refractivity contribution >= 4 is 33.4 Å². The molecule has 7 heteroatoms. The molecule has 2 aromatic carbocycles. The van der Waals surface area contributed by atoms with Crippen LogP contribution in [0.15, 0.2) is 41.4 Å². The number of nitrogens with zero attached hydrogens (tertiary/aromatic N) is 2. The van der Waals surface area contributed by atoms with Crippen molar-refractivity contribution in [1.82, 2.24) is 4.57 Å². The van der Waals surface area contributed by atoms with Gasteiger partial charge in [-0.05, 0) is 55.3 Å². The van der Waals surface area contributed by atoms with Crippen LogP contribution in [0.3, 0.4) is 0 Å². The molecule has 28 heavy (non-hydrogen) atoms. The Hall–Kier alpha value is -2.77. The second kappa shape index (κ2) is 8.50. The van der Waals surface area contributed by atoms with Gasteiger partial charge in [0.1, 0.15) is 0 Å². The Labute approximate surface area is 167 Å². The van der Waals surface area contributed by atoms with Crippen molar-refractivity contribution in [1.29, 1.82) is 0 Å². The lowest BCUT2D eigenvalue weighted by Crippen LogP contribution is -2.19. The van der Waals surface area contributed by atoms with Gasteiger partial charge in [0.25, 0.3) is 5.91 Å². The number of benzene rings is 2. The standard InChI is InChI=1S/C21H22N2O4S/c1-13-11-14(2)18-17(12-13)28-21(23(18)9-10-26-3)22-19(24)15-5-7-16(8-6-15)20(25)27-4/h5-8,11-12H,9-10H2,1-4H3. The molecule has 1 aromatic heterocycles. The van der Waals surface area contributed by atoms with Gasteiger partial charge in [-0.3, -0.25) is 4.79 Å². The first kappa shape index (κ1) is 20.0. The molecule has 0 aliphatic carbocycles. The smallest absolute Gasteiger partial charge is 0.337 e. The van der Waals surface area contributed by atoms with E-state index in [1.807, 2.05) is 4.57 Å². The number of aromatic nitrogens is 1. The predicted molar refractivity (Wildman–Crippen MR) is 109 cm³/mol. The zero-order valence-corrected chi connectivity index (χ0v) is 17.1. The van der Waals surface area contributed by atoms with E-state index in [1.54, 1.807) is 31.4 Å². The molecule has 0 bridgehead atoms. The van der Waals surface area contributed by atoms with E-state index in [1.165, 1.54) is 24.0 Å². The number of fused-ring (bicyclic) bond motifs is 1. The molecular formula is C21H22N2O4S. The van der Waals surface area contributed by atoms with E-state index in [2.05, 4.69) is 35.7 Å². The number of carbonyl (C=O) groups is 2. The van der Waals surface area contributed by atoms with Crippen molar-refractivity contribution in [3.05, 3.63) is 63.5 Å². The largest absolute Gasteiger partial charge is 0.465 e. The first-order valence-corrected chi connectivity index (χ1v) is 9.63.